The van der Waals surface area contributed by atoms with Crippen molar-refractivity contribution in [1.29, 1.82) is 0 Å². The highest BCUT2D eigenvalue weighted by Crippen LogP contribution is 2.10. The third-order valence-corrected chi connectivity index (χ3v) is 1.27. The lowest BCUT2D eigenvalue weighted by Crippen LogP contribution is -2.21. The van der Waals surface area contributed by atoms with Gasteiger partial charge in [-0.15, -0.1) is 0 Å². The molecule has 0 atom stereocenters. The van der Waals surface area contributed by atoms with Crippen LogP contribution in [0.3, 0.4) is 0 Å². The maximum atomic E-state index is 11.0. The minimum Gasteiger partial charge on any atom is -0.368 e. The lowest BCUT2D eigenvalue weighted by atomic mass is 10.2. The molecular weight excluding hydrogens is 144 g/mol. The van der Waals surface area contributed by atoms with Crippen LogP contribution in [0.4, 0.5) is 0 Å². The van der Waals surface area contributed by atoms with Crippen LogP contribution in [0.2, 0.25) is 0 Å². The summed E-state index contributed by atoms with van der Waals surface area (Å²) in [7, 11) is 0. The van der Waals surface area contributed by atoms with Crippen LogP contribution in [0.5, 0.6) is 0 Å². The molecule has 11 heavy (non-hydrogen) atoms. The van der Waals surface area contributed by atoms with Crippen molar-refractivity contribution in [3.05, 3.63) is 11.6 Å². The van der Waals surface area contributed by atoms with Gasteiger partial charge in [0.2, 0.25) is 5.96 Å². The van der Waals surface area contributed by atoms with Crippen molar-refractivity contribution >= 4 is 23.9 Å². The fourth-order valence-electron chi connectivity index (χ4n) is 0.823. The minimum atomic E-state index is -0.426. The number of amidine groups is 1. The van der Waals surface area contributed by atoms with Gasteiger partial charge >= 0.3 is 0 Å². The molecule has 1 radical (unpaired) electrons. The smallest absolute Gasteiger partial charge is 0.284 e. The second kappa shape index (κ2) is 1.85. The average Bonchev–Trinajstić information content (AvgIpc) is 2.34. The lowest BCUT2D eigenvalue weighted by molar-refractivity contribution is -0.113. The van der Waals surface area contributed by atoms with Gasteiger partial charge in [-0.05, 0) is 0 Å². The Hall–Kier alpha value is -1.78. The van der Waals surface area contributed by atoms with E-state index in [1.54, 1.807) is 0 Å². The molecule has 0 saturated carbocycles. The van der Waals surface area contributed by atoms with Gasteiger partial charge in [-0.1, -0.05) is 0 Å². The fourth-order valence-corrected chi connectivity index (χ4v) is 0.823. The molecule has 0 aromatic carbocycles. The zero-order chi connectivity index (χ0) is 7.84. The normalized spacial score (nSPS) is 20.7. The number of aliphatic imine (C=N–C) groups is 3. The molecule has 5 nitrogen and oxygen atoms in total. The molecule has 2 aliphatic heterocycles. The van der Waals surface area contributed by atoms with Crippen molar-refractivity contribution in [1.82, 2.24) is 0 Å². The van der Waals surface area contributed by atoms with Gasteiger partial charge in [0.15, 0.2) is 5.84 Å². The molecular formula is C6H3N4O. The molecule has 2 heterocycles. The van der Waals surface area contributed by atoms with Crippen LogP contribution >= 0.6 is 0 Å². The van der Waals surface area contributed by atoms with Crippen LogP contribution in [0.1, 0.15) is 0 Å². The number of fused-ring (bicyclic) bond motifs is 1. The Morgan fingerprint density at radius 2 is 2.27 bits per heavy atom. The maximum absolute atomic E-state index is 11.0. The number of carbonyl (C=O) groups excluding carboxylic acids is 1. The van der Waals surface area contributed by atoms with E-state index in [1.165, 1.54) is 6.21 Å². The molecule has 0 unspecified atom stereocenters. The minimum absolute atomic E-state index is 0.0467. The first-order valence-corrected chi connectivity index (χ1v) is 2.91. The van der Waals surface area contributed by atoms with Crippen LogP contribution in [0.25, 0.3) is 0 Å². The van der Waals surface area contributed by atoms with Gasteiger partial charge < -0.3 is 5.73 Å². The number of guanidine groups is 1. The number of nitrogens with two attached hydrogens (primary N) is 1. The highest BCUT2D eigenvalue weighted by Gasteiger charge is 2.22. The molecule has 2 rings (SSSR count). The molecule has 2 aliphatic rings. The van der Waals surface area contributed by atoms with E-state index in [0.717, 1.165) is 0 Å². The number of carbonyl (C=O) groups is 1. The Bertz CT molecular complexity index is 348. The zero-order valence-electron chi connectivity index (χ0n) is 5.40. The van der Waals surface area contributed by atoms with Gasteiger partial charge in [0.1, 0.15) is 0 Å². The van der Waals surface area contributed by atoms with Crippen LogP contribution in [-0.4, -0.2) is 23.9 Å². The van der Waals surface area contributed by atoms with Gasteiger partial charge in [-0.25, -0.2) is 4.99 Å². The van der Waals surface area contributed by atoms with Crippen molar-refractivity contribution < 1.29 is 4.79 Å². The Kier molecular flexibility index (Phi) is 1.00. The molecule has 0 bridgehead atoms. The molecule has 0 spiro atoms. The number of nitrogens with zero attached hydrogens (tertiary/aromatic N) is 3. The van der Waals surface area contributed by atoms with Gasteiger partial charge in [0, 0.05) is 12.3 Å². The fraction of sp³-hybridized carbons (Fsp3) is 0. The third-order valence-electron chi connectivity index (χ3n) is 1.27. The molecule has 1 amide bonds. The number of hydrogen-bond donors (Lipinski definition) is 1. The van der Waals surface area contributed by atoms with E-state index in [2.05, 4.69) is 21.1 Å². The predicted octanol–water partition coefficient (Wildman–Crippen LogP) is -0.946. The zero-order valence-corrected chi connectivity index (χ0v) is 5.40. The topological polar surface area (TPSA) is 80.2 Å². The summed E-state index contributed by atoms with van der Waals surface area (Å²) >= 11 is 0. The van der Waals surface area contributed by atoms with Gasteiger partial charge in [-0.2, -0.15) is 9.98 Å². The van der Waals surface area contributed by atoms with Crippen LogP contribution in [0, 0.1) is 6.08 Å². The van der Waals surface area contributed by atoms with E-state index in [4.69, 9.17) is 5.73 Å². The summed E-state index contributed by atoms with van der Waals surface area (Å²) in [6.07, 6.45) is 3.99. The Labute approximate surface area is 62.1 Å². The third kappa shape index (κ3) is 0.778. The van der Waals surface area contributed by atoms with Crippen molar-refractivity contribution in [2.75, 3.05) is 0 Å². The Morgan fingerprint density at radius 3 is 3.09 bits per heavy atom. The van der Waals surface area contributed by atoms with Crippen molar-refractivity contribution in [2.45, 2.75) is 0 Å². The molecule has 0 aromatic rings. The molecule has 0 fully saturated rings. The SMILES string of the molecule is NC1=NC(=O)C2=[C]C=NC2=N1. The Balaban J connectivity index is 2.54. The first kappa shape index (κ1) is 5.96. The maximum Gasteiger partial charge on any atom is 0.284 e. The summed E-state index contributed by atoms with van der Waals surface area (Å²) in [6, 6.07) is 0. The number of allylic oxidation sites excluding steroid dienone is 1. The van der Waals surface area contributed by atoms with E-state index in [9.17, 15) is 4.79 Å². The largest absolute Gasteiger partial charge is 0.368 e. The van der Waals surface area contributed by atoms with Crippen LogP contribution in [0.15, 0.2) is 20.6 Å². The lowest BCUT2D eigenvalue weighted by Gasteiger charge is -2.02. The second-order valence-corrected chi connectivity index (χ2v) is 1.99. The Morgan fingerprint density at radius 1 is 1.45 bits per heavy atom. The summed E-state index contributed by atoms with van der Waals surface area (Å²) < 4.78 is 0. The molecule has 0 saturated heterocycles. The standard InChI is InChI=1S/C6H3N4O/c7-6-9-4-3(1-2-8-4)5(11)10-6/h2H,(H2,7,10,11). The quantitative estimate of drug-likeness (QED) is 0.479. The summed E-state index contributed by atoms with van der Waals surface area (Å²) in [5, 5.41) is 0. The highest BCUT2D eigenvalue weighted by molar-refractivity contribution is 6.31. The predicted molar refractivity (Wildman–Crippen MR) is 39.3 cm³/mol. The number of amides is 1. The van der Waals surface area contributed by atoms with Crippen LogP contribution in [-0.2, 0) is 4.79 Å². The highest BCUT2D eigenvalue weighted by atomic mass is 16.1. The molecule has 53 valence electrons. The molecule has 2 N–H and O–H groups in total. The summed E-state index contributed by atoms with van der Waals surface area (Å²) in [4.78, 5) is 21.8. The van der Waals surface area contributed by atoms with Crippen molar-refractivity contribution in [3.63, 3.8) is 0 Å². The monoisotopic (exact) mass is 147 g/mol. The van der Waals surface area contributed by atoms with Crippen LogP contribution < -0.4 is 5.73 Å². The van der Waals surface area contributed by atoms with Gasteiger partial charge in [0.05, 0.1) is 5.57 Å². The number of hydrogen-bond acceptors (Lipinski definition) is 4. The van der Waals surface area contributed by atoms with Gasteiger partial charge in [-0.3, -0.25) is 4.79 Å². The first-order chi connectivity index (χ1) is 5.27. The van der Waals surface area contributed by atoms with Crippen molar-refractivity contribution in [3.8, 4) is 0 Å². The van der Waals surface area contributed by atoms with Gasteiger partial charge in [0.25, 0.3) is 5.91 Å². The number of rotatable bonds is 0. The van der Waals surface area contributed by atoms with Crippen molar-refractivity contribution in [2.24, 2.45) is 20.7 Å². The first-order valence-electron chi connectivity index (χ1n) is 2.91. The van der Waals surface area contributed by atoms with E-state index in [0.29, 0.717) is 11.4 Å². The molecule has 5 heteroatoms. The van der Waals surface area contributed by atoms with E-state index in [-0.39, 0.29) is 5.96 Å². The van der Waals surface area contributed by atoms with E-state index in [1.807, 2.05) is 0 Å². The second-order valence-electron chi connectivity index (χ2n) is 1.99. The summed E-state index contributed by atoms with van der Waals surface area (Å²) in [5.74, 6) is -0.165. The van der Waals surface area contributed by atoms with E-state index < -0.39 is 5.91 Å². The molecule has 0 aliphatic carbocycles. The summed E-state index contributed by atoms with van der Waals surface area (Å²) in [6.45, 7) is 0. The molecule has 0 aromatic heterocycles. The van der Waals surface area contributed by atoms with E-state index >= 15 is 0 Å². The summed E-state index contributed by atoms with van der Waals surface area (Å²) in [5.41, 5.74) is 5.50. The average molecular weight is 147 g/mol.